The number of nitrogens with zero attached hydrogens (tertiary/aromatic N) is 2. The normalized spacial score (nSPS) is 11.8. The molecule has 0 fully saturated rings. The molecule has 1 aromatic carbocycles. The van der Waals surface area contributed by atoms with Crippen molar-refractivity contribution in [2.75, 3.05) is 0 Å². The molecular formula is C11H8ClF3N2. The van der Waals surface area contributed by atoms with Gasteiger partial charge in [0.1, 0.15) is 0 Å². The molecule has 0 saturated carbocycles. The summed E-state index contributed by atoms with van der Waals surface area (Å²) < 4.78 is 38.3. The standard InChI is InChI=1S/C11H8ClF3N2/c12-7-8-2-1-3-9(6-8)17-5-4-10(16-17)11(13,14)15/h1-6H,7H2. The molecule has 2 aromatic rings. The molecule has 0 spiro atoms. The van der Waals surface area contributed by atoms with E-state index in [-0.39, 0.29) is 0 Å². The van der Waals surface area contributed by atoms with Crippen LogP contribution in [0.3, 0.4) is 0 Å². The summed E-state index contributed by atoms with van der Waals surface area (Å²) in [6.07, 6.45) is -3.15. The molecular weight excluding hydrogens is 253 g/mol. The van der Waals surface area contributed by atoms with E-state index < -0.39 is 11.9 Å². The molecule has 1 heterocycles. The highest BCUT2D eigenvalue weighted by molar-refractivity contribution is 6.17. The first kappa shape index (κ1) is 12.0. The van der Waals surface area contributed by atoms with Crippen molar-refractivity contribution in [1.29, 1.82) is 0 Å². The van der Waals surface area contributed by atoms with Gasteiger partial charge in [-0.15, -0.1) is 11.6 Å². The van der Waals surface area contributed by atoms with Gasteiger partial charge >= 0.3 is 6.18 Å². The topological polar surface area (TPSA) is 17.8 Å². The van der Waals surface area contributed by atoms with E-state index in [0.717, 1.165) is 11.6 Å². The molecule has 0 saturated heterocycles. The fraction of sp³-hybridized carbons (Fsp3) is 0.182. The SMILES string of the molecule is FC(F)(F)c1ccn(-c2cccc(CCl)c2)n1. The lowest BCUT2D eigenvalue weighted by Gasteiger charge is -2.04. The van der Waals surface area contributed by atoms with Gasteiger partial charge in [-0.2, -0.15) is 18.3 Å². The molecule has 1 aromatic heterocycles. The number of hydrogen-bond acceptors (Lipinski definition) is 1. The summed E-state index contributed by atoms with van der Waals surface area (Å²) in [5.74, 6) is 0.307. The fourth-order valence-corrected chi connectivity index (χ4v) is 1.57. The molecule has 0 bridgehead atoms. The third-order valence-electron chi connectivity index (χ3n) is 2.21. The van der Waals surface area contributed by atoms with Crippen LogP contribution >= 0.6 is 11.6 Å². The zero-order valence-electron chi connectivity index (χ0n) is 8.58. The Hall–Kier alpha value is -1.49. The van der Waals surface area contributed by atoms with E-state index >= 15 is 0 Å². The first-order chi connectivity index (χ1) is 8.00. The Kier molecular flexibility index (Phi) is 3.11. The van der Waals surface area contributed by atoms with E-state index in [1.807, 2.05) is 0 Å². The van der Waals surface area contributed by atoms with Gasteiger partial charge in [-0.1, -0.05) is 12.1 Å². The highest BCUT2D eigenvalue weighted by Gasteiger charge is 2.33. The summed E-state index contributed by atoms with van der Waals surface area (Å²) in [6, 6.07) is 7.82. The van der Waals surface area contributed by atoms with E-state index in [2.05, 4.69) is 5.10 Å². The predicted octanol–water partition coefficient (Wildman–Crippen LogP) is 3.63. The maximum atomic E-state index is 12.4. The monoisotopic (exact) mass is 260 g/mol. The van der Waals surface area contributed by atoms with Gasteiger partial charge in [0.2, 0.25) is 0 Å². The number of aromatic nitrogens is 2. The minimum absolute atomic E-state index is 0.307. The molecule has 0 N–H and O–H groups in total. The van der Waals surface area contributed by atoms with Crippen LogP contribution in [0.25, 0.3) is 5.69 Å². The second-order valence-corrected chi connectivity index (χ2v) is 3.71. The smallest absolute Gasteiger partial charge is 0.240 e. The van der Waals surface area contributed by atoms with Gasteiger partial charge in [0.25, 0.3) is 0 Å². The number of rotatable bonds is 2. The predicted molar refractivity (Wildman–Crippen MR) is 58.1 cm³/mol. The van der Waals surface area contributed by atoms with E-state index in [4.69, 9.17) is 11.6 Å². The van der Waals surface area contributed by atoms with E-state index in [9.17, 15) is 13.2 Å². The molecule has 0 aliphatic heterocycles. The van der Waals surface area contributed by atoms with Crippen molar-refractivity contribution in [1.82, 2.24) is 9.78 Å². The summed E-state index contributed by atoms with van der Waals surface area (Å²) >= 11 is 5.65. The minimum atomic E-state index is -4.42. The van der Waals surface area contributed by atoms with Crippen molar-refractivity contribution in [2.45, 2.75) is 12.1 Å². The molecule has 17 heavy (non-hydrogen) atoms. The maximum absolute atomic E-state index is 12.4. The van der Waals surface area contributed by atoms with Gasteiger partial charge in [-0.3, -0.25) is 0 Å². The Labute approximate surface area is 101 Å². The molecule has 0 amide bonds. The van der Waals surface area contributed by atoms with Crippen LogP contribution in [0.5, 0.6) is 0 Å². The van der Waals surface area contributed by atoms with Crippen LogP contribution < -0.4 is 0 Å². The summed E-state index contributed by atoms with van der Waals surface area (Å²) in [6.45, 7) is 0. The van der Waals surface area contributed by atoms with Gasteiger partial charge < -0.3 is 0 Å². The molecule has 90 valence electrons. The molecule has 0 atom stereocenters. The lowest BCUT2D eigenvalue weighted by molar-refractivity contribution is -0.141. The van der Waals surface area contributed by atoms with Crippen LogP contribution in [0.4, 0.5) is 13.2 Å². The van der Waals surface area contributed by atoms with Crippen molar-refractivity contribution in [3.8, 4) is 5.69 Å². The quantitative estimate of drug-likeness (QED) is 0.754. The summed E-state index contributed by atoms with van der Waals surface area (Å²) in [7, 11) is 0. The molecule has 2 nitrogen and oxygen atoms in total. The summed E-state index contributed by atoms with van der Waals surface area (Å²) in [5.41, 5.74) is 0.473. The van der Waals surface area contributed by atoms with Crippen LogP contribution in [0.2, 0.25) is 0 Å². The van der Waals surface area contributed by atoms with Crippen LogP contribution in [0, 0.1) is 0 Å². The maximum Gasteiger partial charge on any atom is 0.435 e. The minimum Gasteiger partial charge on any atom is -0.240 e. The van der Waals surface area contributed by atoms with Gasteiger partial charge in [0.15, 0.2) is 5.69 Å². The van der Waals surface area contributed by atoms with Crippen LogP contribution in [-0.4, -0.2) is 9.78 Å². The number of hydrogen-bond donors (Lipinski definition) is 0. The van der Waals surface area contributed by atoms with Crippen molar-refractivity contribution in [3.63, 3.8) is 0 Å². The largest absolute Gasteiger partial charge is 0.435 e. The molecule has 0 radical (unpaired) electrons. The molecule has 0 unspecified atom stereocenters. The molecule has 6 heteroatoms. The fourth-order valence-electron chi connectivity index (χ4n) is 1.40. The summed E-state index contributed by atoms with van der Waals surface area (Å²) in [5, 5.41) is 3.48. The number of alkyl halides is 4. The molecule has 2 rings (SSSR count). The molecule has 0 aliphatic rings. The third-order valence-corrected chi connectivity index (χ3v) is 2.52. The van der Waals surface area contributed by atoms with Crippen molar-refractivity contribution < 1.29 is 13.2 Å². The van der Waals surface area contributed by atoms with Crippen LogP contribution in [-0.2, 0) is 12.1 Å². The van der Waals surface area contributed by atoms with E-state index in [1.54, 1.807) is 24.3 Å². The number of benzene rings is 1. The van der Waals surface area contributed by atoms with E-state index in [1.165, 1.54) is 10.9 Å². The third kappa shape index (κ3) is 2.61. The Morgan fingerprint density at radius 2 is 2.00 bits per heavy atom. The average Bonchev–Trinajstić information content (AvgIpc) is 2.78. The summed E-state index contributed by atoms with van der Waals surface area (Å²) in [4.78, 5) is 0. The van der Waals surface area contributed by atoms with Crippen molar-refractivity contribution in [2.24, 2.45) is 0 Å². The average molecular weight is 261 g/mol. The lowest BCUT2D eigenvalue weighted by atomic mass is 10.2. The number of halogens is 4. The van der Waals surface area contributed by atoms with Crippen molar-refractivity contribution >= 4 is 11.6 Å². The zero-order valence-corrected chi connectivity index (χ0v) is 9.33. The molecule has 0 aliphatic carbocycles. The second kappa shape index (κ2) is 4.41. The van der Waals surface area contributed by atoms with E-state index in [0.29, 0.717) is 11.6 Å². The Morgan fingerprint density at radius 3 is 2.59 bits per heavy atom. The van der Waals surface area contributed by atoms with Gasteiger partial charge in [-0.05, 0) is 23.8 Å². The van der Waals surface area contributed by atoms with Crippen molar-refractivity contribution in [3.05, 3.63) is 47.8 Å². The first-order valence-corrected chi connectivity index (χ1v) is 5.32. The van der Waals surface area contributed by atoms with Gasteiger partial charge in [0, 0.05) is 12.1 Å². The first-order valence-electron chi connectivity index (χ1n) is 4.79. The van der Waals surface area contributed by atoms with Gasteiger partial charge in [-0.25, -0.2) is 4.68 Å². The van der Waals surface area contributed by atoms with Crippen LogP contribution in [0.15, 0.2) is 36.5 Å². The Balaban J connectivity index is 2.37. The Bertz CT molecular complexity index is 519. The van der Waals surface area contributed by atoms with Gasteiger partial charge in [0.05, 0.1) is 5.69 Å². The van der Waals surface area contributed by atoms with Crippen LogP contribution in [0.1, 0.15) is 11.3 Å². The highest BCUT2D eigenvalue weighted by atomic mass is 35.5. The lowest BCUT2D eigenvalue weighted by Crippen LogP contribution is -2.07. The highest BCUT2D eigenvalue weighted by Crippen LogP contribution is 2.27. The second-order valence-electron chi connectivity index (χ2n) is 3.45. The Morgan fingerprint density at radius 1 is 1.24 bits per heavy atom. The zero-order chi connectivity index (χ0) is 12.5.